The van der Waals surface area contributed by atoms with Crippen LogP contribution in [0, 0.1) is 0 Å². The molecule has 0 radical (unpaired) electrons. The van der Waals surface area contributed by atoms with Gasteiger partial charge < -0.3 is 4.74 Å². The van der Waals surface area contributed by atoms with Gasteiger partial charge in [-0.15, -0.1) is 11.3 Å². The summed E-state index contributed by atoms with van der Waals surface area (Å²) in [7, 11) is 0. The van der Waals surface area contributed by atoms with Crippen LogP contribution in [0.25, 0.3) is 28.0 Å². The third-order valence-electron chi connectivity index (χ3n) is 5.29. The fourth-order valence-corrected chi connectivity index (χ4v) is 4.91. The third kappa shape index (κ3) is 4.57. The molecule has 0 bridgehead atoms. The number of thiazole rings is 1. The van der Waals surface area contributed by atoms with Gasteiger partial charge in [-0.05, 0) is 55.0 Å². The Morgan fingerprint density at radius 1 is 1.00 bits per heavy atom. The Morgan fingerprint density at radius 2 is 1.82 bits per heavy atom. The number of halogens is 2. The van der Waals surface area contributed by atoms with Gasteiger partial charge in [0.25, 0.3) is 0 Å². The molecule has 0 N–H and O–H groups in total. The van der Waals surface area contributed by atoms with Crippen LogP contribution in [0.3, 0.4) is 0 Å². The zero-order valence-corrected chi connectivity index (χ0v) is 20.5. The average Bonchev–Trinajstić information content (AvgIpc) is 3.44. The summed E-state index contributed by atoms with van der Waals surface area (Å²) in [6.45, 7) is 2.04. The lowest BCUT2D eigenvalue weighted by Crippen LogP contribution is -2.12. The number of aromatic nitrogens is 3. The number of fused-ring (bicyclic) bond motifs is 1. The first-order valence-corrected chi connectivity index (χ1v) is 12.3. The maximum absolute atomic E-state index is 12.7. The molecule has 0 spiro atoms. The fraction of sp³-hybridized carbons (Fsp3) is 0.115. The number of rotatable bonds is 6. The van der Waals surface area contributed by atoms with E-state index in [-0.39, 0.29) is 12.4 Å². The molecule has 0 atom stereocenters. The van der Waals surface area contributed by atoms with Crippen LogP contribution < -0.4 is 0 Å². The maximum Gasteiger partial charge on any atom is 0.374 e. The van der Waals surface area contributed by atoms with E-state index in [1.807, 2.05) is 60.0 Å². The Kier molecular flexibility index (Phi) is 6.37. The molecule has 2 heterocycles. The number of hydrogen-bond donors (Lipinski definition) is 0. The number of nitrogens with zero attached hydrogens (tertiary/aromatic N) is 3. The lowest BCUT2D eigenvalue weighted by atomic mass is 10.1. The summed E-state index contributed by atoms with van der Waals surface area (Å²) in [5.74, 6) is -0.261. The average molecular weight is 508 g/mol. The van der Waals surface area contributed by atoms with Crippen molar-refractivity contribution in [1.82, 2.24) is 14.5 Å². The first-order chi connectivity index (χ1) is 16.5. The monoisotopic (exact) mass is 507 g/mol. The summed E-state index contributed by atoms with van der Waals surface area (Å²) < 4.78 is 7.05. The van der Waals surface area contributed by atoms with Crippen LogP contribution in [0.15, 0.2) is 72.1 Å². The van der Waals surface area contributed by atoms with E-state index in [0.29, 0.717) is 22.0 Å². The molecule has 0 unspecified atom stereocenters. The first-order valence-electron chi connectivity index (χ1n) is 10.7. The van der Waals surface area contributed by atoms with E-state index in [1.54, 1.807) is 35.0 Å². The standard InChI is InChI=1S/C26H19Cl2N3O2S/c1-2-33-26(32)25-30-21-11-6-16(12-23(21)31(25)20-5-3-4-19(28)14-20)13-24-29-22(15-34-24)17-7-9-18(27)10-8-17/h3-12,14-15H,2,13H2,1H3. The number of ether oxygens (including phenoxy) is 1. The highest BCUT2D eigenvalue weighted by atomic mass is 35.5. The molecular formula is C26H19Cl2N3O2S. The highest BCUT2D eigenvalue weighted by Gasteiger charge is 2.21. The van der Waals surface area contributed by atoms with Crippen molar-refractivity contribution < 1.29 is 9.53 Å². The zero-order valence-electron chi connectivity index (χ0n) is 18.2. The van der Waals surface area contributed by atoms with Crippen LogP contribution >= 0.6 is 34.5 Å². The van der Waals surface area contributed by atoms with E-state index in [1.165, 1.54) is 0 Å². The quantitative estimate of drug-likeness (QED) is 0.227. The molecule has 170 valence electrons. The van der Waals surface area contributed by atoms with Gasteiger partial charge in [-0.25, -0.2) is 14.8 Å². The molecule has 2 aromatic heterocycles. The van der Waals surface area contributed by atoms with Gasteiger partial charge in [-0.2, -0.15) is 0 Å². The van der Waals surface area contributed by atoms with Crippen LogP contribution in [0.5, 0.6) is 0 Å². The van der Waals surface area contributed by atoms with Gasteiger partial charge in [0, 0.05) is 33.1 Å². The van der Waals surface area contributed by atoms with Crippen molar-refractivity contribution in [2.75, 3.05) is 6.61 Å². The zero-order chi connectivity index (χ0) is 23.7. The number of imidazole rings is 1. The van der Waals surface area contributed by atoms with Crippen molar-refractivity contribution in [1.29, 1.82) is 0 Å². The highest BCUT2D eigenvalue weighted by molar-refractivity contribution is 7.10. The molecule has 0 amide bonds. The van der Waals surface area contributed by atoms with Crippen molar-refractivity contribution in [2.24, 2.45) is 0 Å². The first kappa shape index (κ1) is 22.6. The molecule has 0 saturated heterocycles. The molecule has 0 fully saturated rings. The van der Waals surface area contributed by atoms with E-state index < -0.39 is 5.97 Å². The summed E-state index contributed by atoms with van der Waals surface area (Å²) >= 11 is 13.9. The van der Waals surface area contributed by atoms with Gasteiger partial charge >= 0.3 is 5.97 Å². The predicted octanol–water partition coefficient (Wildman–Crippen LogP) is 7.22. The summed E-state index contributed by atoms with van der Waals surface area (Å²) in [5, 5.41) is 4.31. The highest BCUT2D eigenvalue weighted by Crippen LogP contribution is 2.28. The number of carbonyl (C=O) groups excluding carboxylic acids is 1. The van der Waals surface area contributed by atoms with Gasteiger partial charge in [-0.1, -0.05) is 47.5 Å². The van der Waals surface area contributed by atoms with Gasteiger partial charge in [0.15, 0.2) is 0 Å². The van der Waals surface area contributed by atoms with Crippen molar-refractivity contribution in [3.8, 4) is 16.9 Å². The Morgan fingerprint density at radius 3 is 2.59 bits per heavy atom. The minimum Gasteiger partial charge on any atom is -0.460 e. The van der Waals surface area contributed by atoms with Gasteiger partial charge in [0.1, 0.15) is 0 Å². The summed E-state index contributed by atoms with van der Waals surface area (Å²) in [6.07, 6.45) is 0.656. The van der Waals surface area contributed by atoms with Gasteiger partial charge in [-0.3, -0.25) is 4.57 Å². The van der Waals surface area contributed by atoms with E-state index in [0.717, 1.165) is 33.0 Å². The minimum absolute atomic E-state index is 0.218. The fourth-order valence-electron chi connectivity index (χ4n) is 3.76. The van der Waals surface area contributed by atoms with E-state index >= 15 is 0 Å². The smallest absolute Gasteiger partial charge is 0.374 e. The van der Waals surface area contributed by atoms with Crippen molar-refractivity contribution >= 4 is 51.5 Å². The molecule has 0 saturated carbocycles. The molecular weight excluding hydrogens is 489 g/mol. The molecule has 0 aliphatic carbocycles. The number of hydrogen-bond acceptors (Lipinski definition) is 5. The molecule has 3 aromatic carbocycles. The number of benzene rings is 3. The lowest BCUT2D eigenvalue weighted by Gasteiger charge is -2.09. The number of carbonyl (C=O) groups is 1. The molecule has 5 rings (SSSR count). The van der Waals surface area contributed by atoms with Crippen LogP contribution in [0.2, 0.25) is 10.0 Å². The topological polar surface area (TPSA) is 57.0 Å². The number of esters is 1. The van der Waals surface area contributed by atoms with E-state index in [2.05, 4.69) is 4.98 Å². The summed E-state index contributed by atoms with van der Waals surface area (Å²) in [5.41, 5.74) is 5.26. The summed E-state index contributed by atoms with van der Waals surface area (Å²) in [4.78, 5) is 22.0. The third-order valence-corrected chi connectivity index (χ3v) is 6.63. The van der Waals surface area contributed by atoms with Crippen LogP contribution in [0.1, 0.15) is 28.1 Å². The molecule has 0 aliphatic heterocycles. The summed E-state index contributed by atoms with van der Waals surface area (Å²) in [6, 6.07) is 21.0. The second-order valence-electron chi connectivity index (χ2n) is 7.60. The van der Waals surface area contributed by atoms with Gasteiger partial charge in [0.2, 0.25) is 5.82 Å². The molecule has 0 aliphatic rings. The Balaban J connectivity index is 1.53. The maximum atomic E-state index is 12.7. The largest absolute Gasteiger partial charge is 0.460 e. The lowest BCUT2D eigenvalue weighted by molar-refractivity contribution is 0.0510. The minimum atomic E-state index is -0.479. The second-order valence-corrected chi connectivity index (χ2v) is 9.42. The normalized spacial score (nSPS) is 11.1. The van der Waals surface area contributed by atoms with Gasteiger partial charge in [0.05, 0.1) is 28.3 Å². The van der Waals surface area contributed by atoms with Crippen molar-refractivity contribution in [3.63, 3.8) is 0 Å². The van der Waals surface area contributed by atoms with Crippen molar-refractivity contribution in [3.05, 3.63) is 98.6 Å². The van der Waals surface area contributed by atoms with E-state index in [4.69, 9.17) is 32.9 Å². The van der Waals surface area contributed by atoms with Crippen LogP contribution in [-0.2, 0) is 11.2 Å². The van der Waals surface area contributed by atoms with Crippen LogP contribution in [0.4, 0.5) is 0 Å². The molecule has 5 aromatic rings. The SMILES string of the molecule is CCOC(=O)c1nc2ccc(Cc3nc(-c4ccc(Cl)cc4)cs3)cc2n1-c1cccc(Cl)c1. The Bertz CT molecular complexity index is 1490. The van der Waals surface area contributed by atoms with E-state index in [9.17, 15) is 4.79 Å². The van der Waals surface area contributed by atoms with Crippen molar-refractivity contribution in [2.45, 2.75) is 13.3 Å². The predicted molar refractivity (Wildman–Crippen MR) is 137 cm³/mol. The molecule has 34 heavy (non-hydrogen) atoms. The molecule has 8 heteroatoms. The van der Waals surface area contributed by atoms with Crippen LogP contribution in [-0.4, -0.2) is 27.1 Å². The Labute approximate surface area is 210 Å². The second kappa shape index (κ2) is 9.58. The molecule has 5 nitrogen and oxygen atoms in total. The Hall–Kier alpha value is -3.19.